The van der Waals surface area contributed by atoms with Gasteiger partial charge >= 0.3 is 0 Å². The first-order valence-electron chi connectivity index (χ1n) is 5.88. The van der Waals surface area contributed by atoms with Crippen LogP contribution in [0.1, 0.15) is 5.76 Å². The Bertz CT molecular complexity index is 563. The van der Waals surface area contributed by atoms with Crippen LogP contribution in [-0.4, -0.2) is 19.5 Å². The third-order valence-corrected chi connectivity index (χ3v) is 3.21. The number of fused-ring (bicyclic) bond motifs is 1. The maximum absolute atomic E-state index is 11.9. The summed E-state index contributed by atoms with van der Waals surface area (Å²) in [6, 6.07) is 11.7. The molecule has 0 spiro atoms. The van der Waals surface area contributed by atoms with Crippen molar-refractivity contribution in [1.82, 2.24) is 0 Å². The number of hydrogen-bond acceptors (Lipinski definition) is 3. The molecule has 0 radical (unpaired) electrons. The number of hydrogen-bond donors (Lipinski definition) is 0. The van der Waals surface area contributed by atoms with Crippen molar-refractivity contribution in [2.24, 2.45) is 0 Å². The number of likely N-dealkylation sites (N-methyl/N-ethyl adjacent to an activating group) is 1. The van der Waals surface area contributed by atoms with Crippen molar-refractivity contribution in [2.75, 3.05) is 23.4 Å². The lowest BCUT2D eigenvalue weighted by Gasteiger charge is -2.34. The van der Waals surface area contributed by atoms with Gasteiger partial charge in [0.25, 0.3) is 0 Å². The minimum Gasteiger partial charge on any atom is -0.467 e. The van der Waals surface area contributed by atoms with Crippen molar-refractivity contribution in [3.05, 3.63) is 48.4 Å². The van der Waals surface area contributed by atoms with E-state index in [0.29, 0.717) is 13.1 Å². The Balaban J connectivity index is 1.96. The van der Waals surface area contributed by atoms with Gasteiger partial charge in [-0.15, -0.1) is 0 Å². The van der Waals surface area contributed by atoms with Gasteiger partial charge in [0.15, 0.2) is 0 Å². The molecule has 92 valence electrons. The molecule has 0 saturated heterocycles. The summed E-state index contributed by atoms with van der Waals surface area (Å²) in [6.07, 6.45) is 1.65. The third kappa shape index (κ3) is 1.76. The summed E-state index contributed by atoms with van der Waals surface area (Å²) < 4.78 is 5.35. The van der Waals surface area contributed by atoms with E-state index in [2.05, 4.69) is 0 Å². The summed E-state index contributed by atoms with van der Waals surface area (Å²) in [5.74, 6) is 0.961. The highest BCUT2D eigenvalue weighted by atomic mass is 16.3. The van der Waals surface area contributed by atoms with Crippen molar-refractivity contribution in [3.8, 4) is 0 Å². The van der Waals surface area contributed by atoms with Gasteiger partial charge in [-0.05, 0) is 24.3 Å². The highest BCUT2D eigenvalue weighted by molar-refractivity contribution is 6.02. The number of furan rings is 1. The molecule has 0 bridgehead atoms. The fraction of sp³-hybridized carbons (Fsp3) is 0.214. The fourth-order valence-corrected chi connectivity index (χ4v) is 2.24. The Morgan fingerprint density at radius 1 is 1.17 bits per heavy atom. The molecular weight excluding hydrogens is 228 g/mol. The third-order valence-electron chi connectivity index (χ3n) is 3.21. The molecular formula is C14H14N2O2. The Morgan fingerprint density at radius 2 is 1.94 bits per heavy atom. The van der Waals surface area contributed by atoms with Crippen molar-refractivity contribution < 1.29 is 9.21 Å². The second-order valence-corrected chi connectivity index (χ2v) is 4.38. The van der Waals surface area contributed by atoms with Gasteiger partial charge in [-0.3, -0.25) is 4.79 Å². The second-order valence-electron chi connectivity index (χ2n) is 4.38. The molecule has 2 heterocycles. The van der Waals surface area contributed by atoms with Gasteiger partial charge in [0.2, 0.25) is 5.91 Å². The highest BCUT2D eigenvalue weighted by Crippen LogP contribution is 2.33. The SMILES string of the molecule is CN1C(=O)CN(Cc2ccco2)c2ccccc21. The van der Waals surface area contributed by atoms with Gasteiger partial charge in [-0.2, -0.15) is 0 Å². The van der Waals surface area contributed by atoms with Crippen LogP contribution in [0, 0.1) is 0 Å². The maximum Gasteiger partial charge on any atom is 0.246 e. The first-order valence-corrected chi connectivity index (χ1v) is 5.88. The first-order chi connectivity index (χ1) is 8.75. The van der Waals surface area contributed by atoms with Crippen LogP contribution in [0.2, 0.25) is 0 Å². The summed E-state index contributed by atoms with van der Waals surface area (Å²) in [7, 11) is 1.81. The van der Waals surface area contributed by atoms with E-state index in [4.69, 9.17) is 4.42 Å². The van der Waals surface area contributed by atoms with E-state index in [0.717, 1.165) is 17.1 Å². The number of nitrogens with zero attached hydrogens (tertiary/aromatic N) is 2. The summed E-state index contributed by atoms with van der Waals surface area (Å²) in [4.78, 5) is 15.7. The molecule has 1 aromatic carbocycles. The van der Waals surface area contributed by atoms with Gasteiger partial charge in [-0.25, -0.2) is 0 Å². The van der Waals surface area contributed by atoms with Crippen molar-refractivity contribution in [3.63, 3.8) is 0 Å². The Labute approximate surface area is 105 Å². The van der Waals surface area contributed by atoms with Crippen LogP contribution < -0.4 is 9.80 Å². The van der Waals surface area contributed by atoms with E-state index in [1.54, 1.807) is 11.2 Å². The zero-order chi connectivity index (χ0) is 12.5. The van der Waals surface area contributed by atoms with E-state index in [9.17, 15) is 4.79 Å². The average Bonchev–Trinajstić information content (AvgIpc) is 2.89. The van der Waals surface area contributed by atoms with Crippen LogP contribution in [0.5, 0.6) is 0 Å². The van der Waals surface area contributed by atoms with Crippen LogP contribution in [0.4, 0.5) is 11.4 Å². The molecule has 1 aliphatic rings. The van der Waals surface area contributed by atoms with E-state index < -0.39 is 0 Å². The van der Waals surface area contributed by atoms with Crippen molar-refractivity contribution >= 4 is 17.3 Å². The maximum atomic E-state index is 11.9. The van der Waals surface area contributed by atoms with E-state index in [1.807, 2.05) is 48.3 Å². The van der Waals surface area contributed by atoms with Gasteiger partial charge in [0.05, 0.1) is 30.7 Å². The normalized spacial score (nSPS) is 14.8. The molecule has 18 heavy (non-hydrogen) atoms. The van der Waals surface area contributed by atoms with Crippen LogP contribution in [-0.2, 0) is 11.3 Å². The summed E-state index contributed by atoms with van der Waals surface area (Å²) in [6.45, 7) is 0.998. The minimum atomic E-state index is 0.0975. The standard InChI is InChI=1S/C14H14N2O2/c1-15-12-6-2-3-7-13(12)16(10-14(15)17)9-11-5-4-8-18-11/h2-8H,9-10H2,1H3. The van der Waals surface area contributed by atoms with Crippen LogP contribution >= 0.6 is 0 Å². The van der Waals surface area contributed by atoms with Crippen LogP contribution in [0.15, 0.2) is 47.1 Å². The predicted octanol–water partition coefficient (Wildman–Crippen LogP) is 2.26. The summed E-state index contributed by atoms with van der Waals surface area (Å²) in [5, 5.41) is 0. The minimum absolute atomic E-state index is 0.0975. The number of carbonyl (C=O) groups is 1. The molecule has 0 N–H and O–H groups in total. The number of benzene rings is 1. The van der Waals surface area contributed by atoms with Gasteiger partial charge in [0, 0.05) is 7.05 Å². The number of anilines is 2. The second kappa shape index (κ2) is 4.22. The molecule has 4 nitrogen and oxygen atoms in total. The Hall–Kier alpha value is -2.23. The Morgan fingerprint density at radius 3 is 2.67 bits per heavy atom. The quantitative estimate of drug-likeness (QED) is 0.810. The fourth-order valence-electron chi connectivity index (χ4n) is 2.24. The zero-order valence-electron chi connectivity index (χ0n) is 10.2. The van der Waals surface area contributed by atoms with Crippen LogP contribution in [0.25, 0.3) is 0 Å². The number of rotatable bonds is 2. The molecule has 0 unspecified atom stereocenters. The molecule has 0 aliphatic carbocycles. The van der Waals surface area contributed by atoms with Gasteiger partial charge in [0.1, 0.15) is 5.76 Å². The lowest BCUT2D eigenvalue weighted by molar-refractivity contribution is -0.117. The summed E-state index contributed by atoms with van der Waals surface area (Å²) in [5.41, 5.74) is 2.01. The largest absolute Gasteiger partial charge is 0.467 e. The molecule has 0 atom stereocenters. The predicted molar refractivity (Wildman–Crippen MR) is 69.6 cm³/mol. The molecule has 0 saturated carbocycles. The van der Waals surface area contributed by atoms with Crippen LogP contribution in [0.3, 0.4) is 0 Å². The van der Waals surface area contributed by atoms with E-state index in [-0.39, 0.29) is 5.91 Å². The molecule has 3 rings (SSSR count). The topological polar surface area (TPSA) is 36.7 Å². The monoisotopic (exact) mass is 242 g/mol. The lowest BCUT2D eigenvalue weighted by atomic mass is 10.1. The zero-order valence-corrected chi connectivity index (χ0v) is 10.2. The summed E-state index contributed by atoms with van der Waals surface area (Å²) >= 11 is 0. The Kier molecular flexibility index (Phi) is 2.55. The van der Waals surface area contributed by atoms with E-state index in [1.165, 1.54) is 0 Å². The van der Waals surface area contributed by atoms with E-state index >= 15 is 0 Å². The first kappa shape index (κ1) is 10.9. The van der Waals surface area contributed by atoms with Gasteiger partial charge < -0.3 is 14.2 Å². The molecule has 0 fully saturated rings. The molecule has 1 aliphatic heterocycles. The lowest BCUT2D eigenvalue weighted by Crippen LogP contribution is -2.43. The number of para-hydroxylation sites is 2. The molecule has 1 aromatic heterocycles. The van der Waals surface area contributed by atoms with Crippen molar-refractivity contribution in [2.45, 2.75) is 6.54 Å². The number of carbonyl (C=O) groups excluding carboxylic acids is 1. The molecule has 4 heteroatoms. The molecule has 2 aromatic rings. The molecule has 1 amide bonds. The number of amides is 1. The van der Waals surface area contributed by atoms with Gasteiger partial charge in [-0.1, -0.05) is 12.1 Å². The smallest absolute Gasteiger partial charge is 0.246 e. The highest BCUT2D eigenvalue weighted by Gasteiger charge is 2.26. The average molecular weight is 242 g/mol. The van der Waals surface area contributed by atoms with Crippen molar-refractivity contribution in [1.29, 1.82) is 0 Å².